The molecule has 0 amide bonds. The van der Waals surface area contributed by atoms with E-state index in [9.17, 15) is 112 Å². The summed E-state index contributed by atoms with van der Waals surface area (Å²) in [6, 6.07) is 4.74. The molecule has 1 aromatic carbocycles. The van der Waals surface area contributed by atoms with Crippen molar-refractivity contribution in [1.29, 1.82) is 0 Å². The Morgan fingerprint density at radius 2 is 0.992 bits per heavy atom. The van der Waals surface area contributed by atoms with Crippen LogP contribution in [0, 0.1) is 50.2 Å². The highest BCUT2D eigenvalue weighted by molar-refractivity contribution is 5.87. The van der Waals surface area contributed by atoms with Crippen LogP contribution in [0.15, 0.2) is 35.9 Å². The zero-order valence-corrected chi connectivity index (χ0v) is 74.0. The number of hydrogen-bond donors (Lipinski definition) is 21. The number of methoxy groups -OCH3 is 2. The summed E-state index contributed by atoms with van der Waals surface area (Å²) in [6.45, 7) is 14.1. The Bertz CT molecular complexity index is 3990. The Balaban J connectivity index is 0.593. The summed E-state index contributed by atoms with van der Waals surface area (Å²) >= 11 is 0. The highest BCUT2D eigenvalue weighted by Gasteiger charge is 2.71. The van der Waals surface area contributed by atoms with Gasteiger partial charge in [-0.3, -0.25) is 4.79 Å². The molecule has 21 N–H and O–H groups in total. The fourth-order valence-electron chi connectivity index (χ4n) is 23.1. The molecule has 46 atom stereocenters. The number of allylic oxidation sites excluding steroid dienone is 2. The first-order valence-corrected chi connectivity index (χ1v) is 44.7. The Labute approximate surface area is 745 Å². The maximum atomic E-state index is 15.4. The molecule has 1 unspecified atom stereocenters. The fourth-order valence-corrected chi connectivity index (χ4v) is 23.1. The predicted octanol–water partition coefficient (Wildman–Crippen LogP) is -5.12. The highest BCUT2D eigenvalue weighted by atomic mass is 16.8. The summed E-state index contributed by atoms with van der Waals surface area (Å²) in [5.74, 6) is -1.19. The number of aliphatic hydroxyl groups excluding tert-OH is 21. The first kappa shape index (κ1) is 101. The number of carbonyl (C=O) groups is 2. The molecule has 129 heavy (non-hydrogen) atoms. The maximum absolute atomic E-state index is 15.4. The maximum Gasteiger partial charge on any atom is 0.331 e. The molecule has 13 aliphatic rings. The molecular formula is C87H134O42. The third-order valence-corrected chi connectivity index (χ3v) is 31.1. The van der Waals surface area contributed by atoms with Crippen LogP contribution in [0.1, 0.15) is 132 Å². The highest BCUT2D eigenvalue weighted by Crippen LogP contribution is 2.76. The van der Waals surface area contributed by atoms with Crippen molar-refractivity contribution in [2.24, 2.45) is 50.2 Å². The molecular weight excluding hydrogens is 1720 g/mol. The van der Waals surface area contributed by atoms with Gasteiger partial charge in [0.25, 0.3) is 0 Å². The first-order chi connectivity index (χ1) is 60.9. The molecule has 4 saturated carbocycles. The second-order valence-electron chi connectivity index (χ2n) is 39.5. The van der Waals surface area contributed by atoms with Crippen molar-refractivity contribution in [2.75, 3.05) is 53.9 Å². The first-order valence-electron chi connectivity index (χ1n) is 44.7. The van der Waals surface area contributed by atoms with Gasteiger partial charge in [-0.25, -0.2) is 4.79 Å². The number of benzene rings is 1. The summed E-state index contributed by atoms with van der Waals surface area (Å²) < 4.78 is 112. The van der Waals surface area contributed by atoms with Crippen molar-refractivity contribution < 1.29 is 207 Å². The van der Waals surface area contributed by atoms with Gasteiger partial charge in [0.05, 0.1) is 77.6 Å². The monoisotopic (exact) mass is 1850 g/mol. The van der Waals surface area contributed by atoms with Crippen molar-refractivity contribution in [3.63, 3.8) is 0 Å². The van der Waals surface area contributed by atoms with Gasteiger partial charge in [0.1, 0.15) is 165 Å². The molecule has 5 aliphatic carbocycles. The van der Waals surface area contributed by atoms with E-state index in [4.69, 9.17) is 90.0 Å². The van der Waals surface area contributed by atoms with E-state index in [1.807, 2.05) is 0 Å². The lowest BCUT2D eigenvalue weighted by Crippen LogP contribution is -2.67. The minimum atomic E-state index is -2.10. The van der Waals surface area contributed by atoms with E-state index in [2.05, 4.69) is 54.5 Å². The van der Waals surface area contributed by atoms with Crippen LogP contribution in [0.4, 0.5) is 0 Å². The zero-order valence-electron chi connectivity index (χ0n) is 74.0. The lowest BCUT2D eigenvalue weighted by atomic mass is 9.33. The Morgan fingerprint density at radius 1 is 0.450 bits per heavy atom. The van der Waals surface area contributed by atoms with Gasteiger partial charge < -0.3 is 197 Å². The van der Waals surface area contributed by atoms with Gasteiger partial charge >= 0.3 is 11.9 Å². The van der Waals surface area contributed by atoms with Crippen LogP contribution in [-0.2, 0) is 90.1 Å². The van der Waals surface area contributed by atoms with Gasteiger partial charge in [0.2, 0.25) is 6.29 Å². The molecule has 0 aromatic heterocycles. The van der Waals surface area contributed by atoms with Crippen LogP contribution in [0.2, 0.25) is 0 Å². The van der Waals surface area contributed by atoms with Crippen LogP contribution < -0.4 is 9.47 Å². The van der Waals surface area contributed by atoms with Crippen molar-refractivity contribution in [1.82, 2.24) is 0 Å². The van der Waals surface area contributed by atoms with Gasteiger partial charge in [-0.05, 0) is 147 Å². The topological polar surface area (TPSA) is 634 Å². The summed E-state index contributed by atoms with van der Waals surface area (Å²) in [6.07, 6.45) is -55.8. The number of ether oxygens (including phenoxy) is 19. The van der Waals surface area contributed by atoms with Gasteiger partial charge in [-0.1, -0.05) is 66.2 Å². The van der Waals surface area contributed by atoms with E-state index in [-0.39, 0.29) is 40.6 Å². The smallest absolute Gasteiger partial charge is 0.331 e. The van der Waals surface area contributed by atoms with E-state index >= 15 is 4.79 Å². The molecule has 12 fully saturated rings. The van der Waals surface area contributed by atoms with Crippen molar-refractivity contribution in [3.8, 4) is 11.5 Å². The van der Waals surface area contributed by atoms with Crippen molar-refractivity contribution in [2.45, 2.75) is 366 Å². The average Bonchev–Trinajstić information content (AvgIpc) is 0.672. The second kappa shape index (κ2) is 39.7. The Hall–Kier alpha value is -4.20. The van der Waals surface area contributed by atoms with E-state index in [0.717, 1.165) is 24.5 Å². The SMILES string of the molecule is COc1ccc(C=CC(=O)O[C@H]2[C@H](O[C@H]3[C@H](O)[C@@H](O)[C@H](O[C@@H]4CO[C@@H](O[C@@H]5[C@@H](O)[C@H](C)O[C@@H](O[C@H]6[C@H](O[C@@H]7CC[C@]8(C)[C@H]9CC=C%10C%11CC(C)(C)CC[C@]%11(C(=O)O[C@@H]%11O[C@H](CO[C@@H]%12O[C@H](CO)[C@@H](O[C@@H]%13O[C@@H](C)[C@H](O)[C@@H](O)[C@H]%13O)[C@H](O)[C@H]%12O)[C@@H](O)[C@H](O)[C@H]%11O)CC[C@@]%10(C)[C@]9(C)CC[C@H]8C7(C)C)OC[C@H](O)[C@@H]6O)[C@@H]5O)[C@H](O)[C@@H]4O)O[C@@H]3CO)O[C@H](CO)[C@@H](O)[C@@H]2O)cc1OC. The summed E-state index contributed by atoms with van der Waals surface area (Å²) in [4.78, 5) is 28.7. The second-order valence-corrected chi connectivity index (χ2v) is 39.5. The van der Waals surface area contributed by atoms with Crippen LogP contribution in [0.25, 0.3) is 6.08 Å². The third kappa shape index (κ3) is 18.9. The number of fused-ring (bicyclic) bond motifs is 7. The van der Waals surface area contributed by atoms with Crippen LogP contribution in [-0.4, -0.2) is 413 Å². The number of esters is 2. The van der Waals surface area contributed by atoms with E-state index < -0.39 is 301 Å². The standard InChI is InChI=1S/C87H134O42/c1-34-51(93)57(99)63(105)75(116-34)125-68-43(29-89)119-73(65(107)60(68)102)114-32-45-55(97)58(100)64(106)77(122-45)129-81(110)87-24-22-82(3,4)27-38(87)37-14-16-48-84(7)20-19-49(83(5,6)47(84)18-21-86(48,9)85(37,8)23-25-87)123-79-71(53(95)39(91)31-113-79)128-78-67(109)70(52(94)35(2)117-78)127-74-62(104)56(98)46(33-115-74)121-76-66(108)61(103)69(44(30-90)120-76)126-80-72(59(101)54(96)42(28-88)118-80)124-50(92)17-13-36-12-15-40(111-10)41(26-36)112-11/h12-15,17,26,34-35,38-39,42-49,51-80,88-91,93-109H,16,18-25,27-33H2,1-11H3/t34-,35-,38?,39-,42+,43+,44+,45+,46+,47-,48+,49+,51-,52-,53-,54+,55+,56+,57+,58-,59-,60+,61+,62+,63+,64+,65+,66+,67+,68+,69+,70+,71+,72+,73+,74-,75-,76-,77-,78-,79-,80-,84-,85+,86+,87-/m0/s1. The number of hydrogen-bond acceptors (Lipinski definition) is 42. The Kier molecular flexibility index (Phi) is 31.0. The summed E-state index contributed by atoms with van der Waals surface area (Å²) in [5.41, 5.74) is -1.42. The minimum Gasteiger partial charge on any atom is -0.493 e. The molecule has 42 heteroatoms. The molecule has 0 radical (unpaired) electrons. The molecule has 1 aromatic rings. The van der Waals surface area contributed by atoms with Gasteiger partial charge in [0, 0.05) is 6.08 Å². The number of rotatable bonds is 25. The third-order valence-electron chi connectivity index (χ3n) is 31.1. The lowest BCUT2D eigenvalue weighted by Gasteiger charge is -2.71. The van der Waals surface area contributed by atoms with E-state index in [0.29, 0.717) is 68.4 Å². The molecule has 42 nitrogen and oxygen atoms in total. The van der Waals surface area contributed by atoms with E-state index in [1.54, 1.807) is 18.2 Å². The van der Waals surface area contributed by atoms with Crippen LogP contribution in [0.5, 0.6) is 11.5 Å². The molecule has 734 valence electrons. The Morgan fingerprint density at radius 3 is 1.66 bits per heavy atom. The molecule has 8 aliphatic heterocycles. The molecule has 8 heterocycles. The van der Waals surface area contributed by atoms with Crippen molar-refractivity contribution >= 4 is 18.0 Å². The molecule has 0 bridgehead atoms. The van der Waals surface area contributed by atoms with E-state index in [1.165, 1.54) is 34.1 Å². The van der Waals surface area contributed by atoms with Crippen LogP contribution in [0.3, 0.4) is 0 Å². The quantitative estimate of drug-likeness (QED) is 0.0188. The van der Waals surface area contributed by atoms with Crippen LogP contribution >= 0.6 is 0 Å². The zero-order chi connectivity index (χ0) is 93.7. The van der Waals surface area contributed by atoms with Crippen molar-refractivity contribution in [3.05, 3.63) is 41.5 Å². The van der Waals surface area contributed by atoms with Gasteiger partial charge in [-0.2, -0.15) is 0 Å². The van der Waals surface area contributed by atoms with Gasteiger partial charge in [-0.15, -0.1) is 0 Å². The lowest BCUT2D eigenvalue weighted by molar-refractivity contribution is -0.386. The summed E-state index contributed by atoms with van der Waals surface area (Å²) in [5, 5.41) is 234. The molecule has 14 rings (SSSR count). The predicted molar refractivity (Wildman–Crippen MR) is 431 cm³/mol. The normalized spacial score (nSPS) is 49.9. The molecule has 8 saturated heterocycles. The number of carbonyl (C=O) groups excluding carboxylic acids is 2. The largest absolute Gasteiger partial charge is 0.493 e. The average molecular weight is 1850 g/mol. The summed E-state index contributed by atoms with van der Waals surface area (Å²) in [7, 11) is 2.85. The van der Waals surface area contributed by atoms with Gasteiger partial charge in [0.15, 0.2) is 61.6 Å². The number of aliphatic hydroxyl groups is 21. The minimum absolute atomic E-state index is 0.0266. The molecule has 0 spiro atoms. The fraction of sp³-hybridized carbons (Fsp3) is 0.862.